The molecule has 0 aromatic heterocycles. The Morgan fingerprint density at radius 1 is 0.850 bits per heavy atom. The highest BCUT2D eigenvalue weighted by Crippen LogP contribution is 2.35. The van der Waals surface area contributed by atoms with E-state index in [9.17, 15) is 14.4 Å². The van der Waals surface area contributed by atoms with Gasteiger partial charge in [-0.3, -0.25) is 24.6 Å². The SMILES string of the molecule is O=C1CCC(N2Cc3cc(C[C@H]4CCCC[C@@H]4N(CC4CCOCC4)CC4CCOCC4)ccc3C2=O)C(=O)N1. The van der Waals surface area contributed by atoms with Gasteiger partial charge in [0.25, 0.3) is 5.91 Å². The lowest BCUT2D eigenvalue weighted by Gasteiger charge is -2.44. The molecule has 1 aromatic rings. The Bertz CT molecular complexity index is 1060. The highest BCUT2D eigenvalue weighted by molar-refractivity contribution is 6.05. The first-order valence-electron chi connectivity index (χ1n) is 15.7. The fourth-order valence-electron chi connectivity index (χ4n) is 7.83. The van der Waals surface area contributed by atoms with Crippen LogP contribution in [0.25, 0.3) is 0 Å². The van der Waals surface area contributed by atoms with Gasteiger partial charge < -0.3 is 14.4 Å². The summed E-state index contributed by atoms with van der Waals surface area (Å²) in [6.07, 6.45) is 11.5. The van der Waals surface area contributed by atoms with E-state index in [-0.39, 0.29) is 24.1 Å². The van der Waals surface area contributed by atoms with Crippen molar-refractivity contribution in [2.75, 3.05) is 39.5 Å². The third kappa shape index (κ3) is 6.29. The Labute approximate surface area is 238 Å². The molecule has 8 nitrogen and oxygen atoms in total. The van der Waals surface area contributed by atoms with E-state index in [0.717, 1.165) is 50.2 Å². The largest absolute Gasteiger partial charge is 0.381 e. The zero-order valence-corrected chi connectivity index (χ0v) is 23.8. The molecule has 1 N–H and O–H groups in total. The molecule has 1 saturated carbocycles. The van der Waals surface area contributed by atoms with Gasteiger partial charge in [0, 0.05) is 64.1 Å². The minimum Gasteiger partial charge on any atom is -0.381 e. The van der Waals surface area contributed by atoms with Gasteiger partial charge in [0.05, 0.1) is 0 Å². The van der Waals surface area contributed by atoms with Crippen molar-refractivity contribution in [1.82, 2.24) is 15.1 Å². The number of hydrogen-bond donors (Lipinski definition) is 1. The van der Waals surface area contributed by atoms with E-state index in [1.165, 1.54) is 70.0 Å². The van der Waals surface area contributed by atoms with Crippen molar-refractivity contribution >= 4 is 17.7 Å². The van der Waals surface area contributed by atoms with E-state index in [1.807, 2.05) is 6.07 Å². The lowest BCUT2D eigenvalue weighted by Crippen LogP contribution is -2.52. The number of imide groups is 1. The molecule has 1 aliphatic carbocycles. The van der Waals surface area contributed by atoms with Crippen molar-refractivity contribution in [2.24, 2.45) is 17.8 Å². The van der Waals surface area contributed by atoms with Crippen molar-refractivity contribution in [3.63, 3.8) is 0 Å². The lowest BCUT2D eigenvalue weighted by atomic mass is 9.78. The topological polar surface area (TPSA) is 88.2 Å². The highest BCUT2D eigenvalue weighted by atomic mass is 16.5. The van der Waals surface area contributed by atoms with Crippen molar-refractivity contribution in [3.05, 3.63) is 34.9 Å². The van der Waals surface area contributed by atoms with Crippen LogP contribution in [-0.2, 0) is 32.0 Å². The van der Waals surface area contributed by atoms with Crippen molar-refractivity contribution < 1.29 is 23.9 Å². The first-order chi connectivity index (χ1) is 19.5. The second-order valence-corrected chi connectivity index (χ2v) is 12.8. The minimum atomic E-state index is -0.562. The quantitative estimate of drug-likeness (QED) is 0.496. The predicted octanol–water partition coefficient (Wildman–Crippen LogP) is 3.70. The first kappa shape index (κ1) is 27.9. The van der Waals surface area contributed by atoms with Gasteiger partial charge >= 0.3 is 0 Å². The Morgan fingerprint density at radius 3 is 2.20 bits per heavy atom. The molecule has 4 fully saturated rings. The number of rotatable bonds is 8. The summed E-state index contributed by atoms with van der Waals surface area (Å²) >= 11 is 0. The molecule has 0 radical (unpaired) electrons. The van der Waals surface area contributed by atoms with Crippen LogP contribution in [0.1, 0.15) is 85.7 Å². The average molecular weight is 552 g/mol. The number of amides is 3. The molecule has 3 atom stereocenters. The van der Waals surface area contributed by atoms with E-state index in [0.29, 0.717) is 30.5 Å². The molecule has 4 aliphatic heterocycles. The summed E-state index contributed by atoms with van der Waals surface area (Å²) in [5, 5.41) is 2.40. The van der Waals surface area contributed by atoms with E-state index < -0.39 is 6.04 Å². The van der Waals surface area contributed by atoms with Crippen molar-refractivity contribution in [1.29, 1.82) is 0 Å². The number of nitrogens with zero attached hydrogens (tertiary/aromatic N) is 2. The fraction of sp³-hybridized carbons (Fsp3) is 0.719. The standard InChI is InChI=1S/C32H45N3O5/c36-30-8-7-29(31(37)33-30)35-21-26-18-24(5-6-27(26)32(35)38)17-25-3-1-2-4-28(25)34(19-22-9-13-39-14-10-22)20-23-11-15-40-16-12-23/h5-6,18,22-23,25,28-29H,1-4,7-17,19-21H2,(H,33,36,37)/t25-,28+,29?/m1/s1. The molecule has 40 heavy (non-hydrogen) atoms. The van der Waals surface area contributed by atoms with E-state index in [4.69, 9.17) is 9.47 Å². The van der Waals surface area contributed by atoms with Crippen molar-refractivity contribution in [2.45, 2.75) is 89.3 Å². The normalized spacial score (nSPS) is 28.7. The van der Waals surface area contributed by atoms with Crippen LogP contribution in [0.5, 0.6) is 0 Å². The first-order valence-corrected chi connectivity index (χ1v) is 15.7. The number of piperidine rings is 1. The molecule has 4 heterocycles. The number of carbonyl (C=O) groups excluding carboxylic acids is 3. The Hall–Kier alpha value is -2.29. The summed E-state index contributed by atoms with van der Waals surface area (Å²) in [5.41, 5.74) is 3.01. The van der Waals surface area contributed by atoms with E-state index >= 15 is 0 Å². The van der Waals surface area contributed by atoms with Gasteiger partial charge in [0.15, 0.2) is 0 Å². The molecule has 5 aliphatic rings. The van der Waals surface area contributed by atoms with Gasteiger partial charge in [-0.15, -0.1) is 0 Å². The number of nitrogens with one attached hydrogen (secondary N) is 1. The van der Waals surface area contributed by atoms with Gasteiger partial charge in [-0.25, -0.2) is 0 Å². The minimum absolute atomic E-state index is 0.0920. The van der Waals surface area contributed by atoms with Crippen LogP contribution >= 0.6 is 0 Å². The average Bonchev–Trinajstić information content (AvgIpc) is 3.29. The number of benzene rings is 1. The summed E-state index contributed by atoms with van der Waals surface area (Å²) in [7, 11) is 0. The maximum atomic E-state index is 13.2. The Morgan fingerprint density at radius 2 is 1.52 bits per heavy atom. The number of ether oxygens (including phenoxy) is 2. The summed E-state index contributed by atoms with van der Waals surface area (Å²) in [4.78, 5) is 41.8. The highest BCUT2D eigenvalue weighted by Gasteiger charge is 2.39. The second-order valence-electron chi connectivity index (χ2n) is 12.8. The predicted molar refractivity (Wildman–Crippen MR) is 151 cm³/mol. The smallest absolute Gasteiger partial charge is 0.255 e. The van der Waals surface area contributed by atoms with Gasteiger partial charge in [-0.2, -0.15) is 0 Å². The van der Waals surface area contributed by atoms with Crippen LogP contribution in [0.2, 0.25) is 0 Å². The molecule has 6 rings (SSSR count). The van der Waals surface area contributed by atoms with Crippen LogP contribution < -0.4 is 5.32 Å². The molecule has 8 heteroatoms. The molecule has 1 unspecified atom stereocenters. The summed E-state index contributed by atoms with van der Waals surface area (Å²) in [6.45, 7) is 6.40. The summed E-state index contributed by atoms with van der Waals surface area (Å²) < 4.78 is 11.4. The lowest BCUT2D eigenvalue weighted by molar-refractivity contribution is -0.136. The molecule has 3 saturated heterocycles. The van der Waals surface area contributed by atoms with Crippen LogP contribution in [0.15, 0.2) is 18.2 Å². The zero-order chi connectivity index (χ0) is 27.5. The van der Waals surface area contributed by atoms with Crippen molar-refractivity contribution in [3.8, 4) is 0 Å². The molecule has 0 spiro atoms. The second kappa shape index (κ2) is 12.7. The van der Waals surface area contributed by atoms with E-state index in [2.05, 4.69) is 22.3 Å². The molecule has 0 bridgehead atoms. The van der Waals surface area contributed by atoms with E-state index in [1.54, 1.807) is 4.90 Å². The Balaban J connectivity index is 1.16. The van der Waals surface area contributed by atoms with Crippen LogP contribution in [-0.4, -0.2) is 79.1 Å². The monoisotopic (exact) mass is 551 g/mol. The molecular formula is C32H45N3O5. The molecule has 3 amide bonds. The van der Waals surface area contributed by atoms with Crippen LogP contribution in [0.3, 0.4) is 0 Å². The Kier molecular flexibility index (Phi) is 8.85. The number of fused-ring (bicyclic) bond motifs is 1. The third-order valence-electron chi connectivity index (χ3n) is 10.1. The molecular weight excluding hydrogens is 506 g/mol. The van der Waals surface area contributed by atoms with Crippen LogP contribution in [0.4, 0.5) is 0 Å². The maximum Gasteiger partial charge on any atom is 0.255 e. The maximum absolute atomic E-state index is 13.2. The number of carbonyl (C=O) groups is 3. The van der Waals surface area contributed by atoms with Gasteiger partial charge in [0.1, 0.15) is 6.04 Å². The van der Waals surface area contributed by atoms with Gasteiger partial charge in [-0.1, -0.05) is 25.0 Å². The molecule has 218 valence electrons. The van der Waals surface area contributed by atoms with Gasteiger partial charge in [0.2, 0.25) is 11.8 Å². The summed E-state index contributed by atoms with van der Waals surface area (Å²) in [6, 6.07) is 6.35. The van der Waals surface area contributed by atoms with Gasteiger partial charge in [-0.05, 0) is 86.3 Å². The third-order valence-corrected chi connectivity index (χ3v) is 10.1. The van der Waals surface area contributed by atoms with Crippen LogP contribution in [0, 0.1) is 17.8 Å². The molecule has 1 aromatic carbocycles. The summed E-state index contributed by atoms with van der Waals surface area (Å²) in [5.74, 6) is 1.36. The zero-order valence-electron chi connectivity index (χ0n) is 23.8. The number of hydrogen-bond acceptors (Lipinski definition) is 6. The fourth-order valence-corrected chi connectivity index (χ4v) is 7.83.